The minimum absolute atomic E-state index is 0.193. The first-order chi connectivity index (χ1) is 12.5. The fourth-order valence-corrected chi connectivity index (χ4v) is 3.22. The summed E-state index contributed by atoms with van der Waals surface area (Å²) in [7, 11) is 0. The molecule has 2 aromatic rings. The van der Waals surface area contributed by atoms with Gasteiger partial charge in [-0.05, 0) is 37.1 Å². The van der Waals surface area contributed by atoms with Crippen LogP contribution in [0.5, 0.6) is 0 Å². The molecule has 0 aromatic heterocycles. The zero-order chi connectivity index (χ0) is 18.5. The van der Waals surface area contributed by atoms with Gasteiger partial charge in [-0.2, -0.15) is 0 Å². The summed E-state index contributed by atoms with van der Waals surface area (Å²) < 4.78 is 0. The third-order valence-corrected chi connectivity index (χ3v) is 4.78. The number of carbonyl (C=O) groups is 2. The predicted octanol–water partition coefficient (Wildman–Crippen LogP) is 2.52. The maximum absolute atomic E-state index is 12.5. The lowest BCUT2D eigenvalue weighted by Crippen LogP contribution is -2.52. The number of hydrogen-bond donors (Lipinski definition) is 1. The Balaban J connectivity index is 1.54. The zero-order valence-corrected chi connectivity index (χ0v) is 15.3. The maximum Gasteiger partial charge on any atom is 0.312 e. The first-order valence-corrected chi connectivity index (χ1v) is 9.01. The van der Waals surface area contributed by atoms with Gasteiger partial charge in [0.1, 0.15) is 0 Å². The third-order valence-electron chi connectivity index (χ3n) is 4.78. The highest BCUT2D eigenvalue weighted by Crippen LogP contribution is 2.18. The van der Waals surface area contributed by atoms with Gasteiger partial charge in [-0.25, -0.2) is 0 Å². The van der Waals surface area contributed by atoms with E-state index < -0.39 is 11.8 Å². The second-order valence-electron chi connectivity index (χ2n) is 6.72. The molecular formula is C21H25N3O2. The quantitative estimate of drug-likeness (QED) is 0.865. The van der Waals surface area contributed by atoms with E-state index in [0.717, 1.165) is 18.7 Å². The highest BCUT2D eigenvalue weighted by atomic mass is 16.2. The summed E-state index contributed by atoms with van der Waals surface area (Å²) in [6.07, 6.45) is 0. The van der Waals surface area contributed by atoms with Crippen LogP contribution in [0.3, 0.4) is 0 Å². The van der Waals surface area contributed by atoms with E-state index in [2.05, 4.69) is 35.3 Å². The lowest BCUT2D eigenvalue weighted by molar-refractivity contribution is -0.146. The molecule has 1 N–H and O–H groups in total. The molecule has 0 bridgehead atoms. The normalized spacial score (nSPS) is 15.5. The van der Waals surface area contributed by atoms with Crippen LogP contribution in [-0.2, 0) is 9.59 Å². The molecule has 1 aliphatic heterocycles. The van der Waals surface area contributed by atoms with Crippen LogP contribution < -0.4 is 10.2 Å². The van der Waals surface area contributed by atoms with Crippen LogP contribution in [0.15, 0.2) is 54.6 Å². The molecule has 0 radical (unpaired) electrons. The summed E-state index contributed by atoms with van der Waals surface area (Å²) in [6, 6.07) is 17.8. The van der Waals surface area contributed by atoms with E-state index in [4.69, 9.17) is 0 Å². The fraction of sp³-hybridized carbons (Fsp3) is 0.333. The van der Waals surface area contributed by atoms with Crippen LogP contribution in [0.4, 0.5) is 5.69 Å². The van der Waals surface area contributed by atoms with Crippen molar-refractivity contribution >= 4 is 17.5 Å². The Morgan fingerprint density at radius 2 is 1.65 bits per heavy atom. The maximum atomic E-state index is 12.5. The molecule has 2 aromatic carbocycles. The van der Waals surface area contributed by atoms with Crippen molar-refractivity contribution in [1.82, 2.24) is 10.2 Å². The van der Waals surface area contributed by atoms with Gasteiger partial charge in [0.25, 0.3) is 0 Å². The molecule has 1 heterocycles. The molecular weight excluding hydrogens is 326 g/mol. The van der Waals surface area contributed by atoms with Gasteiger partial charge in [-0.1, -0.05) is 42.5 Å². The molecule has 5 heteroatoms. The Labute approximate surface area is 154 Å². The first-order valence-electron chi connectivity index (χ1n) is 9.01. The molecule has 5 nitrogen and oxygen atoms in total. The number of rotatable bonds is 3. The number of aryl methyl sites for hydroxylation is 1. The van der Waals surface area contributed by atoms with Crippen LogP contribution in [0.1, 0.15) is 24.1 Å². The van der Waals surface area contributed by atoms with Gasteiger partial charge in [0, 0.05) is 31.9 Å². The van der Waals surface area contributed by atoms with Crippen molar-refractivity contribution in [2.75, 3.05) is 31.1 Å². The van der Waals surface area contributed by atoms with Gasteiger partial charge >= 0.3 is 11.8 Å². The van der Waals surface area contributed by atoms with Gasteiger partial charge in [0.15, 0.2) is 0 Å². The van der Waals surface area contributed by atoms with E-state index in [0.29, 0.717) is 13.1 Å². The second kappa shape index (κ2) is 8.04. The summed E-state index contributed by atoms with van der Waals surface area (Å²) in [5.74, 6) is -0.984. The van der Waals surface area contributed by atoms with Crippen molar-refractivity contribution < 1.29 is 9.59 Å². The molecule has 1 aliphatic rings. The molecule has 3 rings (SSSR count). The summed E-state index contributed by atoms with van der Waals surface area (Å²) in [4.78, 5) is 28.7. The Morgan fingerprint density at radius 3 is 2.31 bits per heavy atom. The van der Waals surface area contributed by atoms with Gasteiger partial charge in [0.05, 0.1) is 6.04 Å². The summed E-state index contributed by atoms with van der Waals surface area (Å²) in [6.45, 7) is 6.53. The van der Waals surface area contributed by atoms with E-state index in [1.807, 2.05) is 43.3 Å². The number of piperazine rings is 1. The van der Waals surface area contributed by atoms with E-state index in [1.165, 1.54) is 11.3 Å². The molecule has 0 saturated carbocycles. The highest BCUT2D eigenvalue weighted by molar-refractivity contribution is 6.35. The van der Waals surface area contributed by atoms with Crippen molar-refractivity contribution in [3.05, 3.63) is 65.7 Å². The second-order valence-corrected chi connectivity index (χ2v) is 6.72. The van der Waals surface area contributed by atoms with Crippen molar-refractivity contribution in [3.63, 3.8) is 0 Å². The Kier molecular flexibility index (Phi) is 5.56. The topological polar surface area (TPSA) is 52.7 Å². The smallest absolute Gasteiger partial charge is 0.312 e. The Bertz CT molecular complexity index is 768. The first kappa shape index (κ1) is 18.0. The van der Waals surface area contributed by atoms with Crippen molar-refractivity contribution in [2.24, 2.45) is 0 Å². The van der Waals surface area contributed by atoms with Crippen molar-refractivity contribution in [1.29, 1.82) is 0 Å². The van der Waals surface area contributed by atoms with Crippen LogP contribution in [0.25, 0.3) is 0 Å². The minimum Gasteiger partial charge on any atom is -0.368 e. The van der Waals surface area contributed by atoms with Crippen LogP contribution in [0.2, 0.25) is 0 Å². The fourth-order valence-electron chi connectivity index (χ4n) is 3.22. The molecule has 0 aliphatic carbocycles. The largest absolute Gasteiger partial charge is 0.368 e. The van der Waals surface area contributed by atoms with E-state index in [1.54, 1.807) is 4.90 Å². The van der Waals surface area contributed by atoms with Gasteiger partial charge in [-0.15, -0.1) is 0 Å². The molecule has 136 valence electrons. The van der Waals surface area contributed by atoms with Crippen LogP contribution in [0, 0.1) is 6.92 Å². The highest BCUT2D eigenvalue weighted by Gasteiger charge is 2.27. The molecule has 1 atom stereocenters. The molecule has 26 heavy (non-hydrogen) atoms. The lowest BCUT2D eigenvalue weighted by Gasteiger charge is -2.36. The van der Waals surface area contributed by atoms with Crippen molar-refractivity contribution in [3.8, 4) is 0 Å². The van der Waals surface area contributed by atoms with Gasteiger partial charge in [-0.3, -0.25) is 9.59 Å². The van der Waals surface area contributed by atoms with E-state index >= 15 is 0 Å². The minimum atomic E-state index is -0.537. The number of carbonyl (C=O) groups excluding carboxylic acids is 2. The number of nitrogens with zero attached hydrogens (tertiary/aromatic N) is 2. The molecule has 2 amide bonds. The SMILES string of the molecule is Cc1cccc(N2CCN(C(=O)C(=O)NC(C)c3ccccc3)CC2)c1. The van der Waals surface area contributed by atoms with Crippen molar-refractivity contribution in [2.45, 2.75) is 19.9 Å². The third kappa shape index (κ3) is 4.23. The molecule has 1 saturated heterocycles. The van der Waals surface area contributed by atoms with Crippen LogP contribution in [-0.4, -0.2) is 42.9 Å². The Hall–Kier alpha value is -2.82. The predicted molar refractivity (Wildman–Crippen MR) is 103 cm³/mol. The summed E-state index contributed by atoms with van der Waals surface area (Å²) in [5.41, 5.74) is 3.37. The average Bonchev–Trinajstić information content (AvgIpc) is 2.68. The van der Waals surface area contributed by atoms with E-state index in [-0.39, 0.29) is 6.04 Å². The lowest BCUT2D eigenvalue weighted by atomic mass is 10.1. The average molecular weight is 351 g/mol. The standard InChI is InChI=1S/C21H25N3O2/c1-16-7-6-10-19(15-16)23-11-13-24(14-12-23)21(26)20(25)22-17(2)18-8-4-3-5-9-18/h3-10,15,17H,11-14H2,1-2H3,(H,22,25). The molecule has 1 unspecified atom stereocenters. The number of benzene rings is 2. The number of anilines is 1. The van der Waals surface area contributed by atoms with Gasteiger partial charge < -0.3 is 15.1 Å². The molecule has 1 fully saturated rings. The summed E-state index contributed by atoms with van der Waals surface area (Å²) in [5, 5.41) is 2.80. The van der Waals surface area contributed by atoms with E-state index in [9.17, 15) is 9.59 Å². The summed E-state index contributed by atoms with van der Waals surface area (Å²) >= 11 is 0. The number of nitrogens with one attached hydrogen (secondary N) is 1. The Morgan fingerprint density at radius 1 is 0.962 bits per heavy atom. The van der Waals surface area contributed by atoms with Crippen LogP contribution >= 0.6 is 0 Å². The zero-order valence-electron chi connectivity index (χ0n) is 15.3. The van der Waals surface area contributed by atoms with Gasteiger partial charge in [0.2, 0.25) is 0 Å². The molecule has 0 spiro atoms. The number of amides is 2. The number of hydrogen-bond acceptors (Lipinski definition) is 3. The monoisotopic (exact) mass is 351 g/mol.